The Hall–Kier alpha value is -1.90. The topological polar surface area (TPSA) is 72.6 Å². The van der Waals surface area contributed by atoms with Crippen LogP contribution < -0.4 is 10.6 Å². The van der Waals surface area contributed by atoms with E-state index >= 15 is 0 Å². The molecule has 0 radical (unpaired) electrons. The third-order valence-electron chi connectivity index (χ3n) is 5.71. The molecule has 2 heterocycles. The molecular formula is C24H24Br2N2O3S. The lowest BCUT2D eigenvalue weighted by Crippen LogP contribution is -2.43. The monoisotopic (exact) mass is 578 g/mol. The number of carbonyl (C=O) groups excluding carboxylic acids is 2. The van der Waals surface area contributed by atoms with Crippen molar-refractivity contribution in [3.63, 3.8) is 0 Å². The van der Waals surface area contributed by atoms with Gasteiger partial charge in [-0.15, -0.1) is 11.3 Å². The highest BCUT2D eigenvalue weighted by molar-refractivity contribution is 9.10. The average Bonchev–Trinajstić information content (AvgIpc) is 3.13. The van der Waals surface area contributed by atoms with E-state index in [0.29, 0.717) is 29.8 Å². The molecule has 4 rings (SSSR count). The maximum absolute atomic E-state index is 13.6. The van der Waals surface area contributed by atoms with E-state index in [1.807, 2.05) is 40.6 Å². The van der Waals surface area contributed by atoms with Crippen molar-refractivity contribution in [1.29, 1.82) is 0 Å². The second-order valence-electron chi connectivity index (χ2n) is 8.73. The Bertz CT molecular complexity index is 1150. The van der Waals surface area contributed by atoms with Crippen LogP contribution in [0.3, 0.4) is 0 Å². The Balaban J connectivity index is 2.01. The predicted octanol–water partition coefficient (Wildman–Crippen LogP) is 6.25. The summed E-state index contributed by atoms with van der Waals surface area (Å²) in [6.45, 7) is 6.17. The van der Waals surface area contributed by atoms with Crippen molar-refractivity contribution < 1.29 is 14.3 Å². The van der Waals surface area contributed by atoms with E-state index in [4.69, 9.17) is 10.5 Å². The van der Waals surface area contributed by atoms with E-state index in [2.05, 4.69) is 45.7 Å². The molecule has 1 aliphatic carbocycles. The first-order chi connectivity index (χ1) is 15.1. The molecule has 1 atom stereocenters. The van der Waals surface area contributed by atoms with Gasteiger partial charge in [0.25, 0.3) is 0 Å². The van der Waals surface area contributed by atoms with Gasteiger partial charge >= 0.3 is 5.97 Å². The first-order valence-electron chi connectivity index (χ1n) is 10.4. The second kappa shape index (κ2) is 8.80. The van der Waals surface area contributed by atoms with Crippen LogP contribution in [0.2, 0.25) is 0 Å². The molecule has 0 fully saturated rings. The normalized spacial score (nSPS) is 20.5. The molecule has 168 valence electrons. The summed E-state index contributed by atoms with van der Waals surface area (Å²) in [5, 5.41) is 1.95. The number of nitrogens with zero attached hydrogens (tertiary/aromatic N) is 1. The van der Waals surface area contributed by atoms with Crippen molar-refractivity contribution in [1.82, 2.24) is 0 Å². The summed E-state index contributed by atoms with van der Waals surface area (Å²) in [7, 11) is 0. The highest BCUT2D eigenvalue weighted by Gasteiger charge is 2.47. The number of allylic oxidation sites excluding steroid dienone is 2. The number of esters is 1. The predicted molar refractivity (Wildman–Crippen MR) is 134 cm³/mol. The Morgan fingerprint density at radius 1 is 1.22 bits per heavy atom. The van der Waals surface area contributed by atoms with Crippen LogP contribution in [0.25, 0.3) is 0 Å². The first kappa shape index (κ1) is 23.3. The largest absolute Gasteiger partial charge is 0.463 e. The minimum Gasteiger partial charge on any atom is -0.463 e. The van der Waals surface area contributed by atoms with E-state index in [-0.39, 0.29) is 17.8 Å². The van der Waals surface area contributed by atoms with Crippen molar-refractivity contribution in [2.24, 2.45) is 11.1 Å². The molecular weight excluding hydrogens is 556 g/mol. The Kier molecular flexibility index (Phi) is 6.40. The van der Waals surface area contributed by atoms with Gasteiger partial charge in [-0.2, -0.15) is 0 Å². The highest BCUT2D eigenvalue weighted by atomic mass is 79.9. The van der Waals surface area contributed by atoms with Crippen LogP contribution in [-0.4, -0.2) is 18.4 Å². The van der Waals surface area contributed by atoms with E-state index in [1.54, 1.807) is 6.92 Å². The van der Waals surface area contributed by atoms with E-state index in [9.17, 15) is 9.59 Å². The number of rotatable bonds is 4. The Morgan fingerprint density at radius 3 is 2.50 bits per heavy atom. The summed E-state index contributed by atoms with van der Waals surface area (Å²) in [6, 6.07) is 9.65. The van der Waals surface area contributed by atoms with Crippen molar-refractivity contribution in [3.05, 3.63) is 72.2 Å². The van der Waals surface area contributed by atoms with Crippen molar-refractivity contribution in [2.75, 3.05) is 11.5 Å². The maximum atomic E-state index is 13.6. The Morgan fingerprint density at radius 2 is 1.91 bits per heavy atom. The molecule has 1 unspecified atom stereocenters. The molecule has 0 saturated heterocycles. The van der Waals surface area contributed by atoms with Crippen LogP contribution in [-0.2, 0) is 14.3 Å². The van der Waals surface area contributed by atoms with Gasteiger partial charge < -0.3 is 10.5 Å². The van der Waals surface area contributed by atoms with Gasteiger partial charge in [0.05, 0.1) is 18.1 Å². The molecule has 0 saturated carbocycles. The van der Waals surface area contributed by atoms with Crippen LogP contribution in [0.15, 0.2) is 67.3 Å². The summed E-state index contributed by atoms with van der Waals surface area (Å²) in [5.41, 5.74) is 9.13. The molecule has 5 nitrogen and oxygen atoms in total. The second-order valence-corrected chi connectivity index (χ2v) is 11.5. The van der Waals surface area contributed by atoms with Gasteiger partial charge in [-0.1, -0.05) is 29.8 Å². The number of ether oxygens (including phenoxy) is 1. The number of halogens is 2. The number of benzene rings is 1. The van der Waals surface area contributed by atoms with Crippen LogP contribution >= 0.6 is 43.2 Å². The average molecular weight is 580 g/mol. The summed E-state index contributed by atoms with van der Waals surface area (Å²) < 4.78 is 7.25. The lowest BCUT2D eigenvalue weighted by atomic mass is 9.69. The van der Waals surface area contributed by atoms with Gasteiger partial charge in [-0.05, 0) is 65.0 Å². The number of anilines is 1. The Labute approximate surface area is 208 Å². The molecule has 2 aliphatic rings. The van der Waals surface area contributed by atoms with Crippen LogP contribution in [0.5, 0.6) is 0 Å². The van der Waals surface area contributed by atoms with Gasteiger partial charge in [0.15, 0.2) is 5.78 Å². The molecule has 1 aromatic heterocycles. The van der Waals surface area contributed by atoms with Gasteiger partial charge in [0.2, 0.25) is 0 Å². The quantitative estimate of drug-likeness (QED) is 0.433. The fourth-order valence-corrected chi connectivity index (χ4v) is 6.29. The zero-order chi connectivity index (χ0) is 23.2. The maximum Gasteiger partial charge on any atom is 0.338 e. The van der Waals surface area contributed by atoms with E-state index in [1.165, 1.54) is 11.3 Å². The molecule has 8 heteroatoms. The van der Waals surface area contributed by atoms with Crippen LogP contribution in [0.4, 0.5) is 5.69 Å². The minimum atomic E-state index is -0.546. The number of hydrogen-bond acceptors (Lipinski definition) is 6. The van der Waals surface area contributed by atoms with E-state index in [0.717, 1.165) is 25.2 Å². The molecule has 1 aliphatic heterocycles. The van der Waals surface area contributed by atoms with Gasteiger partial charge in [-0.25, -0.2) is 4.79 Å². The SMILES string of the molecule is CCOC(=O)C1=C(N)N(c2ccc(Br)cc2)C2=C(C(=O)CC(C)(C)C2)C1c1cc(Br)cs1. The molecule has 0 bridgehead atoms. The molecule has 2 N–H and O–H groups in total. The van der Waals surface area contributed by atoms with Crippen LogP contribution in [0.1, 0.15) is 44.4 Å². The third kappa shape index (κ3) is 4.20. The zero-order valence-corrected chi connectivity index (χ0v) is 22.1. The fraction of sp³-hybridized carbons (Fsp3) is 0.333. The highest BCUT2D eigenvalue weighted by Crippen LogP contribution is 2.51. The van der Waals surface area contributed by atoms with Crippen LogP contribution in [0, 0.1) is 5.41 Å². The number of hydrogen-bond donors (Lipinski definition) is 1. The van der Waals surface area contributed by atoms with Gasteiger partial charge in [-0.3, -0.25) is 9.69 Å². The summed E-state index contributed by atoms with van der Waals surface area (Å²) in [5.74, 6) is -0.687. The van der Waals surface area contributed by atoms with Crippen molar-refractivity contribution in [3.8, 4) is 0 Å². The molecule has 2 aromatic rings. The van der Waals surface area contributed by atoms with Gasteiger partial charge in [0, 0.05) is 42.6 Å². The minimum absolute atomic E-state index is 0.0437. The summed E-state index contributed by atoms with van der Waals surface area (Å²) >= 11 is 8.48. The number of nitrogens with two attached hydrogens (primary N) is 1. The lowest BCUT2D eigenvalue weighted by Gasteiger charge is -2.44. The standard InChI is InChI=1S/C24H24Br2N2O3S/c1-4-31-23(30)21-20(18-9-14(26)12-32-18)19-16(10-24(2,3)11-17(19)29)28(22(21)27)15-7-5-13(25)6-8-15/h5-9,12,20H,4,10-11,27H2,1-3H3. The smallest absolute Gasteiger partial charge is 0.338 e. The summed E-state index contributed by atoms with van der Waals surface area (Å²) in [4.78, 5) is 29.5. The molecule has 32 heavy (non-hydrogen) atoms. The molecule has 0 amide bonds. The fourth-order valence-electron chi connectivity index (χ4n) is 4.47. The molecule has 0 spiro atoms. The number of carbonyl (C=O) groups is 2. The number of ketones is 1. The third-order valence-corrected chi connectivity index (χ3v) is 8.00. The zero-order valence-electron chi connectivity index (χ0n) is 18.1. The van der Waals surface area contributed by atoms with E-state index < -0.39 is 11.9 Å². The number of Topliss-reactive ketones (excluding diaryl/α,β-unsaturated/α-hetero) is 1. The lowest BCUT2D eigenvalue weighted by molar-refractivity contribution is -0.138. The molecule has 1 aromatic carbocycles. The summed E-state index contributed by atoms with van der Waals surface area (Å²) in [6.07, 6.45) is 1.09. The van der Waals surface area contributed by atoms with Crippen molar-refractivity contribution in [2.45, 2.75) is 39.5 Å². The van der Waals surface area contributed by atoms with Gasteiger partial charge in [0.1, 0.15) is 5.82 Å². The number of thiophene rings is 1. The van der Waals surface area contributed by atoms with Crippen molar-refractivity contribution >= 4 is 60.6 Å². The first-order valence-corrected chi connectivity index (χ1v) is 12.8.